The predicted molar refractivity (Wildman–Crippen MR) is 96.9 cm³/mol. The molecule has 0 atom stereocenters. The number of nitrogens with one attached hydrogen (secondary N) is 3. The molecule has 0 unspecified atom stereocenters. The molecular weight excluding hydrogens is 352 g/mol. The maximum absolute atomic E-state index is 11.9. The first-order valence-electron chi connectivity index (χ1n) is 7.12. The minimum absolute atomic E-state index is 0.297. The lowest BCUT2D eigenvalue weighted by Gasteiger charge is -2.11. The van der Waals surface area contributed by atoms with Crippen molar-refractivity contribution < 1.29 is 8.42 Å². The molecule has 2 rings (SSSR count). The molecule has 6 nitrogen and oxygen atoms in total. The van der Waals surface area contributed by atoms with E-state index in [2.05, 4.69) is 31.8 Å². The van der Waals surface area contributed by atoms with E-state index in [0.717, 1.165) is 13.0 Å². The Kier molecular flexibility index (Phi) is 7.03. The highest BCUT2D eigenvalue weighted by Crippen LogP contribution is 2.14. The zero-order valence-corrected chi connectivity index (χ0v) is 15.2. The van der Waals surface area contributed by atoms with Crippen molar-refractivity contribution in [2.45, 2.75) is 10.6 Å². The van der Waals surface area contributed by atoms with Crippen molar-refractivity contribution in [2.24, 2.45) is 4.99 Å². The molecule has 9 heteroatoms. The van der Waals surface area contributed by atoms with E-state index in [9.17, 15) is 8.42 Å². The van der Waals surface area contributed by atoms with Gasteiger partial charge < -0.3 is 10.6 Å². The molecule has 0 saturated carbocycles. The number of aliphatic imine (C=N–C) groups is 1. The van der Waals surface area contributed by atoms with Gasteiger partial charge in [-0.3, -0.25) is 4.99 Å². The fourth-order valence-electron chi connectivity index (χ4n) is 1.83. The van der Waals surface area contributed by atoms with E-state index in [1.165, 1.54) is 16.2 Å². The Morgan fingerprint density at radius 3 is 2.48 bits per heavy atom. The van der Waals surface area contributed by atoms with Crippen molar-refractivity contribution in [1.29, 1.82) is 0 Å². The van der Waals surface area contributed by atoms with Crippen LogP contribution < -0.4 is 15.4 Å². The topological polar surface area (TPSA) is 82.6 Å². The van der Waals surface area contributed by atoms with Crippen LogP contribution in [-0.2, 0) is 16.4 Å². The largest absolute Gasteiger partial charge is 0.356 e. The van der Waals surface area contributed by atoms with E-state index < -0.39 is 10.0 Å². The first-order chi connectivity index (χ1) is 11.1. The third-order valence-corrected chi connectivity index (χ3v) is 6.73. The van der Waals surface area contributed by atoms with Gasteiger partial charge in [0.05, 0.1) is 0 Å². The third kappa shape index (κ3) is 5.94. The van der Waals surface area contributed by atoms with Gasteiger partial charge in [-0.15, -0.1) is 22.7 Å². The minimum Gasteiger partial charge on any atom is -0.356 e. The summed E-state index contributed by atoms with van der Waals surface area (Å²) in [5.41, 5.74) is 0. The van der Waals surface area contributed by atoms with Crippen LogP contribution in [0.1, 0.15) is 4.88 Å². The summed E-state index contributed by atoms with van der Waals surface area (Å²) in [6.07, 6.45) is 0.934. The third-order valence-electron chi connectivity index (χ3n) is 2.94. The van der Waals surface area contributed by atoms with E-state index in [1.54, 1.807) is 35.9 Å². The van der Waals surface area contributed by atoms with Crippen LogP contribution in [0.15, 0.2) is 44.2 Å². The van der Waals surface area contributed by atoms with Gasteiger partial charge in [0.1, 0.15) is 4.21 Å². The van der Waals surface area contributed by atoms with Crippen molar-refractivity contribution in [3.05, 3.63) is 39.9 Å². The van der Waals surface area contributed by atoms with Crippen molar-refractivity contribution in [3.8, 4) is 0 Å². The molecule has 126 valence electrons. The summed E-state index contributed by atoms with van der Waals surface area (Å²) < 4.78 is 26.8. The molecule has 0 saturated heterocycles. The Balaban J connectivity index is 1.66. The SMILES string of the molecule is CN=C(NCCNS(=O)(=O)c1cccs1)NCCc1cccs1. The number of hydrogen-bond donors (Lipinski definition) is 3. The molecule has 0 bridgehead atoms. The van der Waals surface area contributed by atoms with Crippen LogP contribution in [0.2, 0.25) is 0 Å². The minimum atomic E-state index is -3.40. The Morgan fingerprint density at radius 1 is 1.09 bits per heavy atom. The van der Waals surface area contributed by atoms with E-state index in [0.29, 0.717) is 23.3 Å². The average molecular weight is 373 g/mol. The first-order valence-corrected chi connectivity index (χ1v) is 10.4. The lowest BCUT2D eigenvalue weighted by molar-refractivity contribution is 0.582. The van der Waals surface area contributed by atoms with Crippen molar-refractivity contribution >= 4 is 38.7 Å². The average Bonchev–Trinajstić information content (AvgIpc) is 3.22. The number of sulfonamides is 1. The van der Waals surface area contributed by atoms with Gasteiger partial charge in [-0.25, -0.2) is 13.1 Å². The molecule has 0 aliphatic heterocycles. The molecular formula is C14H20N4O2S3. The van der Waals surface area contributed by atoms with Crippen LogP contribution in [-0.4, -0.2) is 41.1 Å². The van der Waals surface area contributed by atoms with Crippen LogP contribution in [0.4, 0.5) is 0 Å². The molecule has 0 spiro atoms. The number of nitrogens with zero attached hydrogens (tertiary/aromatic N) is 1. The Hall–Kier alpha value is -1.42. The smallest absolute Gasteiger partial charge is 0.250 e. The number of rotatable bonds is 8. The molecule has 2 heterocycles. The number of thiophene rings is 2. The molecule has 2 aromatic heterocycles. The summed E-state index contributed by atoms with van der Waals surface area (Å²) in [7, 11) is -1.71. The van der Waals surface area contributed by atoms with E-state index in [1.807, 2.05) is 6.07 Å². The predicted octanol–water partition coefficient (Wildman–Crippen LogP) is 1.50. The maximum Gasteiger partial charge on any atom is 0.250 e. The summed E-state index contributed by atoms with van der Waals surface area (Å²) >= 11 is 2.93. The van der Waals surface area contributed by atoms with E-state index in [-0.39, 0.29) is 0 Å². The Labute approximate surface area is 144 Å². The molecule has 0 amide bonds. The fraction of sp³-hybridized carbons (Fsp3) is 0.357. The molecule has 0 fully saturated rings. The summed E-state index contributed by atoms with van der Waals surface area (Å²) in [5.74, 6) is 0.664. The second kappa shape index (κ2) is 9.02. The molecule has 0 radical (unpaired) electrons. The maximum atomic E-state index is 11.9. The zero-order chi connectivity index (χ0) is 16.5. The van der Waals surface area contributed by atoms with Gasteiger partial charge >= 0.3 is 0 Å². The van der Waals surface area contributed by atoms with Gasteiger partial charge in [0.2, 0.25) is 10.0 Å². The highest BCUT2D eigenvalue weighted by molar-refractivity contribution is 7.91. The molecule has 3 N–H and O–H groups in total. The van der Waals surface area contributed by atoms with Gasteiger partial charge in [0.15, 0.2) is 5.96 Å². The Morgan fingerprint density at radius 2 is 1.83 bits per heavy atom. The van der Waals surface area contributed by atoms with Crippen LogP contribution in [0.3, 0.4) is 0 Å². The first kappa shape index (κ1) is 17.9. The van der Waals surface area contributed by atoms with Crippen LogP contribution >= 0.6 is 22.7 Å². The lowest BCUT2D eigenvalue weighted by atomic mass is 10.3. The van der Waals surface area contributed by atoms with Crippen LogP contribution in [0, 0.1) is 0 Å². The molecule has 2 aromatic rings. The number of guanidine groups is 1. The second-order valence-corrected chi connectivity index (χ2v) is 8.56. The van der Waals surface area contributed by atoms with E-state index >= 15 is 0 Å². The quantitative estimate of drug-likeness (QED) is 0.373. The summed E-state index contributed by atoms with van der Waals surface area (Å²) in [5, 5.41) is 10.1. The van der Waals surface area contributed by atoms with Crippen LogP contribution in [0.25, 0.3) is 0 Å². The molecule has 0 aromatic carbocycles. The molecule has 23 heavy (non-hydrogen) atoms. The molecule has 0 aliphatic carbocycles. The highest BCUT2D eigenvalue weighted by atomic mass is 32.2. The normalized spacial score (nSPS) is 12.3. The van der Waals surface area contributed by atoms with Crippen molar-refractivity contribution in [3.63, 3.8) is 0 Å². The lowest BCUT2D eigenvalue weighted by Crippen LogP contribution is -2.42. The van der Waals surface area contributed by atoms with Crippen molar-refractivity contribution in [1.82, 2.24) is 15.4 Å². The Bertz CT molecular complexity index is 694. The molecule has 0 aliphatic rings. The summed E-state index contributed by atoms with van der Waals surface area (Å²) in [4.78, 5) is 5.43. The fourth-order valence-corrected chi connectivity index (χ4v) is 4.61. The van der Waals surface area contributed by atoms with Gasteiger partial charge in [-0.1, -0.05) is 12.1 Å². The van der Waals surface area contributed by atoms with Gasteiger partial charge in [-0.2, -0.15) is 0 Å². The summed E-state index contributed by atoms with van der Waals surface area (Å²) in [6, 6.07) is 7.44. The second-order valence-electron chi connectivity index (χ2n) is 4.58. The van der Waals surface area contributed by atoms with Gasteiger partial charge in [0.25, 0.3) is 0 Å². The van der Waals surface area contributed by atoms with Gasteiger partial charge in [-0.05, 0) is 29.3 Å². The number of hydrogen-bond acceptors (Lipinski definition) is 5. The highest BCUT2D eigenvalue weighted by Gasteiger charge is 2.13. The summed E-state index contributed by atoms with van der Waals surface area (Å²) in [6.45, 7) is 1.54. The standard InChI is InChI=1S/C14H20N4O2S3/c1-15-14(16-7-6-12-4-2-10-21-12)17-8-9-18-23(19,20)13-5-3-11-22-13/h2-5,10-11,18H,6-9H2,1H3,(H2,15,16,17). The van der Waals surface area contributed by atoms with Crippen LogP contribution in [0.5, 0.6) is 0 Å². The zero-order valence-electron chi connectivity index (χ0n) is 12.8. The van der Waals surface area contributed by atoms with E-state index in [4.69, 9.17) is 0 Å². The monoisotopic (exact) mass is 372 g/mol. The van der Waals surface area contributed by atoms with Gasteiger partial charge in [0, 0.05) is 31.6 Å². The van der Waals surface area contributed by atoms with Crippen molar-refractivity contribution in [2.75, 3.05) is 26.7 Å².